The van der Waals surface area contributed by atoms with Crippen LogP contribution in [0.5, 0.6) is 0 Å². The molecule has 21 heavy (non-hydrogen) atoms. The monoisotopic (exact) mass is 346 g/mol. The van der Waals surface area contributed by atoms with E-state index in [1.165, 1.54) is 35.7 Å². The Bertz CT molecular complexity index is 464. The SMILES string of the molecule is Brc1cccc(CCCCC2C3CC4CC(C3)CC2C4)c1. The van der Waals surface area contributed by atoms with Crippen molar-refractivity contribution in [3.05, 3.63) is 34.3 Å². The van der Waals surface area contributed by atoms with Crippen LogP contribution in [-0.2, 0) is 6.42 Å². The summed E-state index contributed by atoms with van der Waals surface area (Å²) in [5, 5.41) is 0. The third kappa shape index (κ3) is 3.09. The van der Waals surface area contributed by atoms with Gasteiger partial charge >= 0.3 is 0 Å². The number of halogens is 1. The second-order valence-corrected chi connectivity index (χ2v) is 8.89. The zero-order valence-corrected chi connectivity index (χ0v) is 14.5. The average Bonchev–Trinajstić information content (AvgIpc) is 2.45. The van der Waals surface area contributed by atoms with Gasteiger partial charge in [0.25, 0.3) is 0 Å². The van der Waals surface area contributed by atoms with Crippen molar-refractivity contribution in [1.29, 1.82) is 0 Å². The highest BCUT2D eigenvalue weighted by molar-refractivity contribution is 9.10. The molecule has 0 spiro atoms. The molecule has 4 bridgehead atoms. The Morgan fingerprint density at radius 3 is 2.29 bits per heavy atom. The second-order valence-electron chi connectivity index (χ2n) is 7.97. The van der Waals surface area contributed by atoms with Gasteiger partial charge in [-0.25, -0.2) is 0 Å². The molecule has 1 aromatic rings. The third-order valence-electron chi connectivity index (χ3n) is 6.56. The molecular formula is C20H27Br. The molecule has 0 atom stereocenters. The van der Waals surface area contributed by atoms with Gasteiger partial charge < -0.3 is 0 Å². The lowest BCUT2D eigenvalue weighted by Crippen LogP contribution is -2.44. The lowest BCUT2D eigenvalue weighted by atomic mass is 9.51. The van der Waals surface area contributed by atoms with E-state index in [1.807, 2.05) is 0 Å². The molecule has 114 valence electrons. The van der Waals surface area contributed by atoms with Crippen molar-refractivity contribution in [1.82, 2.24) is 0 Å². The normalized spacial score (nSPS) is 37.1. The van der Waals surface area contributed by atoms with Gasteiger partial charge in [0.15, 0.2) is 0 Å². The Labute approximate surface area is 137 Å². The van der Waals surface area contributed by atoms with Crippen LogP contribution in [0.1, 0.15) is 56.9 Å². The van der Waals surface area contributed by atoms with E-state index >= 15 is 0 Å². The Kier molecular flexibility index (Phi) is 4.13. The maximum atomic E-state index is 3.58. The molecule has 5 rings (SSSR count). The Morgan fingerprint density at radius 2 is 1.62 bits per heavy atom. The smallest absolute Gasteiger partial charge is 0.0177 e. The van der Waals surface area contributed by atoms with Crippen LogP contribution < -0.4 is 0 Å². The zero-order valence-electron chi connectivity index (χ0n) is 12.9. The predicted octanol–water partition coefficient (Wildman–Crippen LogP) is 6.23. The minimum atomic E-state index is 1.10. The van der Waals surface area contributed by atoms with Crippen molar-refractivity contribution in [2.45, 2.75) is 57.8 Å². The molecule has 0 saturated heterocycles. The van der Waals surface area contributed by atoms with Gasteiger partial charge in [-0.05, 0) is 98.7 Å². The minimum absolute atomic E-state index is 1.10. The van der Waals surface area contributed by atoms with Crippen LogP contribution in [0.4, 0.5) is 0 Å². The molecule has 0 radical (unpaired) electrons. The highest BCUT2D eigenvalue weighted by atomic mass is 79.9. The van der Waals surface area contributed by atoms with E-state index in [0.717, 1.165) is 29.6 Å². The van der Waals surface area contributed by atoms with Gasteiger partial charge in [0.1, 0.15) is 0 Å². The average molecular weight is 347 g/mol. The quantitative estimate of drug-likeness (QED) is 0.554. The van der Waals surface area contributed by atoms with Crippen LogP contribution in [-0.4, -0.2) is 0 Å². The number of unbranched alkanes of at least 4 members (excludes halogenated alkanes) is 1. The molecule has 1 aromatic carbocycles. The highest BCUT2D eigenvalue weighted by Gasteiger charge is 2.47. The van der Waals surface area contributed by atoms with Crippen molar-refractivity contribution in [3.63, 3.8) is 0 Å². The zero-order chi connectivity index (χ0) is 14.2. The largest absolute Gasteiger partial charge is 0.0609 e. The summed E-state index contributed by atoms with van der Waals surface area (Å²) in [6.45, 7) is 0. The van der Waals surface area contributed by atoms with Crippen LogP contribution in [0.2, 0.25) is 0 Å². The van der Waals surface area contributed by atoms with Crippen molar-refractivity contribution < 1.29 is 0 Å². The summed E-state index contributed by atoms with van der Waals surface area (Å²) in [6.07, 6.45) is 13.5. The Hall–Kier alpha value is -0.300. The fourth-order valence-corrected chi connectivity index (χ4v) is 6.36. The molecule has 0 unspecified atom stereocenters. The summed E-state index contributed by atoms with van der Waals surface area (Å²) in [7, 11) is 0. The van der Waals surface area contributed by atoms with Crippen LogP contribution >= 0.6 is 15.9 Å². The second kappa shape index (κ2) is 6.07. The van der Waals surface area contributed by atoms with E-state index in [0.29, 0.717) is 0 Å². The third-order valence-corrected chi connectivity index (χ3v) is 7.06. The highest BCUT2D eigenvalue weighted by Crippen LogP contribution is 2.57. The summed E-state index contributed by atoms with van der Waals surface area (Å²) < 4.78 is 1.22. The van der Waals surface area contributed by atoms with E-state index in [4.69, 9.17) is 0 Å². The molecule has 0 heterocycles. The first-order chi connectivity index (χ1) is 10.3. The maximum absolute atomic E-state index is 3.58. The first-order valence-electron chi connectivity index (χ1n) is 9.02. The molecule has 4 aliphatic carbocycles. The standard InChI is InChI=1S/C20H27Br/c21-19-6-3-5-14(13-19)4-1-2-7-20-17-9-15-8-16(11-17)12-18(20)10-15/h3,5-6,13,15-18,20H,1-2,4,7-12H2. The number of benzene rings is 1. The number of hydrogen-bond acceptors (Lipinski definition) is 0. The number of rotatable bonds is 5. The molecule has 0 aromatic heterocycles. The molecule has 0 aliphatic heterocycles. The van der Waals surface area contributed by atoms with Crippen LogP contribution in [0.25, 0.3) is 0 Å². The number of hydrogen-bond donors (Lipinski definition) is 0. The fraction of sp³-hybridized carbons (Fsp3) is 0.700. The van der Waals surface area contributed by atoms with Crippen molar-refractivity contribution >= 4 is 15.9 Å². The van der Waals surface area contributed by atoms with E-state index in [1.54, 1.807) is 32.1 Å². The van der Waals surface area contributed by atoms with E-state index < -0.39 is 0 Å². The molecule has 0 nitrogen and oxygen atoms in total. The molecule has 4 fully saturated rings. The summed E-state index contributed by atoms with van der Waals surface area (Å²) >= 11 is 3.58. The van der Waals surface area contributed by atoms with E-state index in [2.05, 4.69) is 40.2 Å². The van der Waals surface area contributed by atoms with Gasteiger partial charge in [-0.1, -0.05) is 34.5 Å². The molecule has 0 N–H and O–H groups in total. The van der Waals surface area contributed by atoms with Crippen molar-refractivity contribution in [3.8, 4) is 0 Å². The van der Waals surface area contributed by atoms with Crippen molar-refractivity contribution in [2.75, 3.05) is 0 Å². The van der Waals surface area contributed by atoms with Crippen LogP contribution in [0, 0.1) is 29.6 Å². The lowest BCUT2D eigenvalue weighted by Gasteiger charge is -2.54. The van der Waals surface area contributed by atoms with Gasteiger partial charge in [-0.15, -0.1) is 0 Å². The molecule has 4 aliphatic rings. The molecular weight excluding hydrogens is 320 g/mol. The molecule has 0 amide bonds. The first-order valence-corrected chi connectivity index (χ1v) is 9.81. The van der Waals surface area contributed by atoms with E-state index in [9.17, 15) is 0 Å². The topological polar surface area (TPSA) is 0 Å². The van der Waals surface area contributed by atoms with Gasteiger partial charge in [0.05, 0.1) is 0 Å². The Balaban J connectivity index is 1.26. The van der Waals surface area contributed by atoms with Gasteiger partial charge in [-0.3, -0.25) is 0 Å². The van der Waals surface area contributed by atoms with Crippen LogP contribution in [0.15, 0.2) is 28.7 Å². The van der Waals surface area contributed by atoms with Gasteiger partial charge in [0.2, 0.25) is 0 Å². The Morgan fingerprint density at radius 1 is 0.905 bits per heavy atom. The van der Waals surface area contributed by atoms with Gasteiger partial charge in [0, 0.05) is 4.47 Å². The van der Waals surface area contributed by atoms with Crippen molar-refractivity contribution in [2.24, 2.45) is 29.6 Å². The summed E-state index contributed by atoms with van der Waals surface area (Å²) in [5.74, 6) is 5.59. The fourth-order valence-electron chi connectivity index (χ4n) is 5.91. The van der Waals surface area contributed by atoms with Gasteiger partial charge in [-0.2, -0.15) is 0 Å². The summed E-state index contributed by atoms with van der Waals surface area (Å²) in [6, 6.07) is 8.84. The minimum Gasteiger partial charge on any atom is -0.0609 e. The first kappa shape index (κ1) is 14.3. The lowest BCUT2D eigenvalue weighted by molar-refractivity contribution is -0.0404. The summed E-state index contributed by atoms with van der Waals surface area (Å²) in [4.78, 5) is 0. The maximum Gasteiger partial charge on any atom is 0.0177 e. The predicted molar refractivity (Wildman–Crippen MR) is 92.2 cm³/mol. The molecule has 1 heteroatoms. The summed E-state index contributed by atoms with van der Waals surface area (Å²) in [5.41, 5.74) is 1.49. The van der Waals surface area contributed by atoms with Crippen LogP contribution in [0.3, 0.4) is 0 Å². The number of aryl methyl sites for hydroxylation is 1. The molecule has 4 saturated carbocycles. The van der Waals surface area contributed by atoms with E-state index in [-0.39, 0.29) is 0 Å².